The van der Waals surface area contributed by atoms with E-state index in [0.29, 0.717) is 17.4 Å². The molecule has 1 saturated heterocycles. The summed E-state index contributed by atoms with van der Waals surface area (Å²) in [4.78, 5) is 6.79. The lowest BCUT2D eigenvalue weighted by atomic mass is 10.1. The van der Waals surface area contributed by atoms with Crippen molar-refractivity contribution < 1.29 is 4.52 Å². The molecular formula is C16H18BrClN6O. The zero-order chi connectivity index (χ0) is 16.5. The summed E-state index contributed by atoms with van der Waals surface area (Å²) in [6, 6.07) is 10.1. The molecule has 4 rings (SSSR count). The summed E-state index contributed by atoms with van der Waals surface area (Å²) in [6.45, 7) is 2.75. The third-order valence-corrected chi connectivity index (χ3v) is 4.99. The van der Waals surface area contributed by atoms with Crippen molar-refractivity contribution in [1.29, 1.82) is 0 Å². The number of likely N-dealkylation sites (N-methyl/N-ethyl adjacent to an activating group) is 1. The zero-order valence-electron chi connectivity index (χ0n) is 13.6. The number of aromatic nitrogens is 4. The third-order valence-electron chi connectivity index (χ3n) is 4.22. The minimum absolute atomic E-state index is 0. The topological polar surface area (TPSA) is 82.9 Å². The lowest BCUT2D eigenvalue weighted by Crippen LogP contribution is -2.44. The third kappa shape index (κ3) is 3.48. The summed E-state index contributed by atoms with van der Waals surface area (Å²) in [5, 5.41) is 14.9. The van der Waals surface area contributed by atoms with Gasteiger partial charge in [-0.25, -0.2) is 0 Å². The minimum atomic E-state index is 0. The Hall–Kier alpha value is -1.74. The Labute approximate surface area is 159 Å². The van der Waals surface area contributed by atoms with E-state index in [1.807, 2.05) is 30.3 Å². The van der Waals surface area contributed by atoms with Gasteiger partial charge in [-0.1, -0.05) is 35.5 Å². The van der Waals surface area contributed by atoms with Crippen LogP contribution in [-0.2, 0) is 0 Å². The van der Waals surface area contributed by atoms with E-state index in [2.05, 4.69) is 53.5 Å². The van der Waals surface area contributed by atoms with E-state index >= 15 is 0 Å². The van der Waals surface area contributed by atoms with Gasteiger partial charge in [0, 0.05) is 25.2 Å². The molecule has 2 aromatic heterocycles. The molecule has 25 heavy (non-hydrogen) atoms. The van der Waals surface area contributed by atoms with Crippen LogP contribution in [0, 0.1) is 0 Å². The first-order valence-corrected chi connectivity index (χ1v) is 8.57. The molecule has 1 aliphatic heterocycles. The maximum Gasteiger partial charge on any atom is 0.277 e. The van der Waals surface area contributed by atoms with Crippen LogP contribution in [0.15, 0.2) is 39.3 Å². The van der Waals surface area contributed by atoms with Crippen molar-refractivity contribution >= 4 is 28.3 Å². The Morgan fingerprint density at radius 1 is 1.28 bits per heavy atom. The van der Waals surface area contributed by atoms with E-state index in [9.17, 15) is 0 Å². The van der Waals surface area contributed by atoms with Crippen LogP contribution in [0.5, 0.6) is 0 Å². The molecule has 1 unspecified atom stereocenters. The molecule has 132 valence electrons. The van der Waals surface area contributed by atoms with Crippen molar-refractivity contribution in [3.05, 3.63) is 40.6 Å². The van der Waals surface area contributed by atoms with Gasteiger partial charge in [-0.05, 0) is 23.0 Å². The van der Waals surface area contributed by atoms with Crippen molar-refractivity contribution in [2.45, 2.75) is 6.04 Å². The van der Waals surface area contributed by atoms with Gasteiger partial charge in [0.2, 0.25) is 0 Å². The lowest BCUT2D eigenvalue weighted by molar-refractivity contribution is 0.190. The number of hydrogen-bond acceptors (Lipinski definition) is 6. The summed E-state index contributed by atoms with van der Waals surface area (Å²) >= 11 is 3.60. The van der Waals surface area contributed by atoms with Crippen LogP contribution in [0.2, 0.25) is 0 Å². The molecule has 2 N–H and O–H groups in total. The van der Waals surface area contributed by atoms with Crippen LogP contribution in [0.1, 0.15) is 11.9 Å². The molecule has 1 aromatic carbocycles. The van der Waals surface area contributed by atoms with E-state index in [0.717, 1.165) is 35.4 Å². The monoisotopic (exact) mass is 424 g/mol. The molecular weight excluding hydrogens is 408 g/mol. The predicted molar refractivity (Wildman–Crippen MR) is 101 cm³/mol. The lowest BCUT2D eigenvalue weighted by Gasteiger charge is -2.30. The SMILES string of the molecule is CN1CCNCC1c1noc(-c2[nH]nc(-c3ccccc3)c2Br)n1.Cl. The number of benzene rings is 1. The molecule has 1 atom stereocenters. The fourth-order valence-corrected chi connectivity index (χ4v) is 3.40. The Balaban J connectivity index is 0.00000182. The van der Waals surface area contributed by atoms with Crippen LogP contribution < -0.4 is 5.32 Å². The molecule has 3 heterocycles. The van der Waals surface area contributed by atoms with Crippen molar-refractivity contribution in [3.63, 3.8) is 0 Å². The van der Waals surface area contributed by atoms with Crippen LogP contribution in [-0.4, -0.2) is 51.9 Å². The first-order valence-electron chi connectivity index (χ1n) is 7.78. The highest BCUT2D eigenvalue weighted by Crippen LogP contribution is 2.34. The highest BCUT2D eigenvalue weighted by molar-refractivity contribution is 9.10. The second-order valence-electron chi connectivity index (χ2n) is 5.79. The molecule has 3 aromatic rings. The average Bonchev–Trinajstić information content (AvgIpc) is 3.23. The fourth-order valence-electron chi connectivity index (χ4n) is 2.82. The van der Waals surface area contributed by atoms with E-state index in [4.69, 9.17) is 4.52 Å². The highest BCUT2D eigenvalue weighted by Gasteiger charge is 2.27. The van der Waals surface area contributed by atoms with Gasteiger partial charge < -0.3 is 9.84 Å². The molecule has 1 aliphatic rings. The van der Waals surface area contributed by atoms with E-state index in [-0.39, 0.29) is 18.4 Å². The molecule has 0 bridgehead atoms. The van der Waals surface area contributed by atoms with E-state index in [1.54, 1.807) is 0 Å². The summed E-state index contributed by atoms with van der Waals surface area (Å²) in [5.74, 6) is 1.12. The van der Waals surface area contributed by atoms with Gasteiger partial charge in [-0.3, -0.25) is 10.00 Å². The normalized spacial score (nSPS) is 18.1. The summed E-state index contributed by atoms with van der Waals surface area (Å²) in [5.41, 5.74) is 2.53. The number of nitrogens with zero attached hydrogens (tertiary/aromatic N) is 4. The molecule has 7 nitrogen and oxygen atoms in total. The molecule has 0 radical (unpaired) electrons. The second kappa shape index (κ2) is 7.65. The molecule has 0 amide bonds. The number of piperazine rings is 1. The van der Waals surface area contributed by atoms with Gasteiger partial charge in [-0.15, -0.1) is 12.4 Å². The first-order chi connectivity index (χ1) is 11.7. The van der Waals surface area contributed by atoms with Gasteiger partial charge in [0.05, 0.1) is 10.5 Å². The first kappa shape index (κ1) is 18.1. The number of hydrogen-bond donors (Lipinski definition) is 2. The number of halogens is 2. The summed E-state index contributed by atoms with van der Waals surface area (Å²) < 4.78 is 6.28. The van der Waals surface area contributed by atoms with Gasteiger partial charge in [-0.2, -0.15) is 10.1 Å². The van der Waals surface area contributed by atoms with Crippen LogP contribution in [0.3, 0.4) is 0 Å². The van der Waals surface area contributed by atoms with Gasteiger partial charge in [0.15, 0.2) is 5.82 Å². The Bertz CT molecular complexity index is 836. The van der Waals surface area contributed by atoms with Crippen LogP contribution in [0.4, 0.5) is 0 Å². The Morgan fingerprint density at radius 3 is 2.84 bits per heavy atom. The Morgan fingerprint density at radius 2 is 2.08 bits per heavy atom. The van der Waals surface area contributed by atoms with Crippen LogP contribution >= 0.6 is 28.3 Å². The van der Waals surface area contributed by atoms with E-state index < -0.39 is 0 Å². The Kier molecular flexibility index (Phi) is 5.53. The minimum Gasteiger partial charge on any atom is -0.332 e. The molecule has 9 heteroatoms. The highest BCUT2D eigenvalue weighted by atomic mass is 79.9. The molecule has 0 aliphatic carbocycles. The van der Waals surface area contributed by atoms with Crippen molar-refractivity contribution in [3.8, 4) is 22.8 Å². The van der Waals surface area contributed by atoms with E-state index in [1.165, 1.54) is 0 Å². The van der Waals surface area contributed by atoms with Crippen LogP contribution in [0.25, 0.3) is 22.8 Å². The zero-order valence-corrected chi connectivity index (χ0v) is 16.0. The number of nitrogens with one attached hydrogen (secondary N) is 2. The smallest absolute Gasteiger partial charge is 0.277 e. The number of rotatable bonds is 3. The predicted octanol–water partition coefficient (Wildman–Crippen LogP) is 2.89. The number of H-pyrrole nitrogens is 1. The summed E-state index contributed by atoms with van der Waals surface area (Å²) in [6.07, 6.45) is 0. The van der Waals surface area contributed by atoms with Gasteiger partial charge in [0.1, 0.15) is 11.4 Å². The molecule has 0 spiro atoms. The van der Waals surface area contributed by atoms with Gasteiger partial charge >= 0.3 is 0 Å². The standard InChI is InChI=1S/C16H17BrN6O.ClH/c1-23-8-7-18-9-11(23)15-19-16(24-22-15)14-12(17)13(20-21-14)10-5-3-2-4-6-10;/h2-6,11,18H,7-9H2,1H3,(H,20,21);1H. The summed E-state index contributed by atoms with van der Waals surface area (Å²) in [7, 11) is 2.07. The van der Waals surface area contributed by atoms with Crippen molar-refractivity contribution in [2.24, 2.45) is 0 Å². The molecule has 1 fully saturated rings. The van der Waals surface area contributed by atoms with Crippen molar-refractivity contribution in [1.82, 2.24) is 30.6 Å². The quantitative estimate of drug-likeness (QED) is 0.671. The second-order valence-corrected chi connectivity index (χ2v) is 6.58. The largest absolute Gasteiger partial charge is 0.332 e. The average molecular weight is 426 g/mol. The van der Waals surface area contributed by atoms with Gasteiger partial charge in [0.25, 0.3) is 5.89 Å². The maximum absolute atomic E-state index is 5.47. The van der Waals surface area contributed by atoms with Crippen molar-refractivity contribution in [2.75, 3.05) is 26.7 Å². The number of aromatic amines is 1. The molecule has 0 saturated carbocycles. The fraction of sp³-hybridized carbons (Fsp3) is 0.312. The maximum atomic E-state index is 5.47.